The van der Waals surface area contributed by atoms with Crippen LogP contribution in [-0.4, -0.2) is 11.6 Å². The molecule has 2 saturated carbocycles. The summed E-state index contributed by atoms with van der Waals surface area (Å²) in [6.07, 6.45) is 2.81. The SMILES string of the molecule is CC(=O)[C@H]1[C@@H]2CCCC(=O)[C@@H]21. The largest absolute Gasteiger partial charge is 0.300 e. The average molecular weight is 152 g/mol. The van der Waals surface area contributed by atoms with Gasteiger partial charge in [0.2, 0.25) is 0 Å². The van der Waals surface area contributed by atoms with Crippen molar-refractivity contribution in [3.05, 3.63) is 0 Å². The molecule has 0 spiro atoms. The van der Waals surface area contributed by atoms with Gasteiger partial charge in [0.15, 0.2) is 0 Å². The van der Waals surface area contributed by atoms with Crippen LogP contribution < -0.4 is 0 Å². The first-order valence-electron chi connectivity index (χ1n) is 4.25. The maximum atomic E-state index is 11.2. The maximum Gasteiger partial charge on any atom is 0.137 e. The standard InChI is InChI=1S/C9H12O2/c1-5(10)8-6-3-2-4-7(11)9(6)8/h6,8-9H,2-4H2,1H3/t6-,8-,9+/m0/s1. The van der Waals surface area contributed by atoms with Gasteiger partial charge in [-0.1, -0.05) is 0 Å². The van der Waals surface area contributed by atoms with Crippen LogP contribution in [0, 0.1) is 17.8 Å². The Bertz CT molecular complexity index is 216. The van der Waals surface area contributed by atoms with E-state index in [-0.39, 0.29) is 17.6 Å². The van der Waals surface area contributed by atoms with Crippen molar-refractivity contribution < 1.29 is 9.59 Å². The third kappa shape index (κ3) is 0.924. The van der Waals surface area contributed by atoms with Crippen LogP contribution in [0.2, 0.25) is 0 Å². The molecule has 60 valence electrons. The molecule has 0 aromatic carbocycles. The Morgan fingerprint density at radius 1 is 1.55 bits per heavy atom. The number of ketones is 2. The van der Waals surface area contributed by atoms with Gasteiger partial charge in [-0.15, -0.1) is 0 Å². The van der Waals surface area contributed by atoms with Gasteiger partial charge < -0.3 is 0 Å². The fourth-order valence-corrected chi connectivity index (χ4v) is 2.41. The molecule has 11 heavy (non-hydrogen) atoms. The van der Waals surface area contributed by atoms with E-state index < -0.39 is 0 Å². The van der Waals surface area contributed by atoms with Crippen LogP contribution in [0.5, 0.6) is 0 Å². The van der Waals surface area contributed by atoms with Gasteiger partial charge >= 0.3 is 0 Å². The second kappa shape index (κ2) is 2.16. The summed E-state index contributed by atoms with van der Waals surface area (Å²) in [6.45, 7) is 1.61. The van der Waals surface area contributed by atoms with E-state index in [2.05, 4.69) is 0 Å². The van der Waals surface area contributed by atoms with Crippen LogP contribution in [0.25, 0.3) is 0 Å². The van der Waals surface area contributed by atoms with E-state index in [9.17, 15) is 9.59 Å². The summed E-state index contributed by atoms with van der Waals surface area (Å²) in [5.74, 6) is 1.25. The van der Waals surface area contributed by atoms with Gasteiger partial charge in [-0.3, -0.25) is 9.59 Å². The Kier molecular flexibility index (Phi) is 1.38. The van der Waals surface area contributed by atoms with E-state index in [0.29, 0.717) is 18.1 Å². The molecule has 0 unspecified atom stereocenters. The third-order valence-corrected chi connectivity index (χ3v) is 2.97. The quantitative estimate of drug-likeness (QED) is 0.565. The van der Waals surface area contributed by atoms with Crippen LogP contribution in [-0.2, 0) is 9.59 Å². The summed E-state index contributed by atoms with van der Waals surface area (Å²) in [5, 5.41) is 0. The van der Waals surface area contributed by atoms with E-state index in [1.807, 2.05) is 0 Å². The van der Waals surface area contributed by atoms with Crippen molar-refractivity contribution >= 4 is 11.6 Å². The molecule has 2 aliphatic carbocycles. The predicted octanol–water partition coefficient (Wildman–Crippen LogP) is 1.19. The lowest BCUT2D eigenvalue weighted by Crippen LogP contribution is -2.08. The fourth-order valence-electron chi connectivity index (χ4n) is 2.41. The molecule has 2 heteroatoms. The van der Waals surface area contributed by atoms with Crippen molar-refractivity contribution in [3.63, 3.8) is 0 Å². The van der Waals surface area contributed by atoms with Gasteiger partial charge in [-0.05, 0) is 25.7 Å². The number of carbonyl (C=O) groups is 2. The molecule has 3 atom stereocenters. The smallest absolute Gasteiger partial charge is 0.137 e. The highest BCUT2D eigenvalue weighted by Gasteiger charge is 2.57. The van der Waals surface area contributed by atoms with Crippen molar-refractivity contribution in [2.75, 3.05) is 0 Å². The Morgan fingerprint density at radius 3 is 2.82 bits per heavy atom. The van der Waals surface area contributed by atoms with Gasteiger partial charge in [0.25, 0.3) is 0 Å². The van der Waals surface area contributed by atoms with Gasteiger partial charge in [-0.2, -0.15) is 0 Å². The summed E-state index contributed by atoms with van der Waals surface area (Å²) >= 11 is 0. The molecule has 0 aliphatic heterocycles. The Labute approximate surface area is 66.0 Å². The lowest BCUT2D eigenvalue weighted by atomic mass is 10.00. The highest BCUT2D eigenvalue weighted by atomic mass is 16.1. The topological polar surface area (TPSA) is 34.1 Å². The molecule has 2 aliphatic rings. The molecule has 0 amide bonds. The first-order chi connectivity index (χ1) is 5.22. The molecule has 0 saturated heterocycles. The zero-order chi connectivity index (χ0) is 8.01. The summed E-state index contributed by atoms with van der Waals surface area (Å²) in [6, 6.07) is 0. The van der Waals surface area contributed by atoms with Crippen LogP contribution >= 0.6 is 0 Å². The average Bonchev–Trinajstić information content (AvgIpc) is 2.62. The Morgan fingerprint density at radius 2 is 2.27 bits per heavy atom. The molecule has 0 radical (unpaired) electrons. The minimum Gasteiger partial charge on any atom is -0.300 e. The number of carbonyl (C=O) groups excluding carboxylic acids is 2. The highest BCUT2D eigenvalue weighted by molar-refractivity contribution is 5.94. The van der Waals surface area contributed by atoms with Crippen molar-refractivity contribution in [1.29, 1.82) is 0 Å². The van der Waals surface area contributed by atoms with Crippen LogP contribution in [0.15, 0.2) is 0 Å². The summed E-state index contributed by atoms with van der Waals surface area (Å²) in [7, 11) is 0. The van der Waals surface area contributed by atoms with Crippen molar-refractivity contribution in [2.24, 2.45) is 17.8 Å². The lowest BCUT2D eigenvalue weighted by Gasteiger charge is -2.04. The second-order valence-corrected chi connectivity index (χ2v) is 3.68. The molecule has 0 bridgehead atoms. The molecular weight excluding hydrogens is 140 g/mol. The van der Waals surface area contributed by atoms with E-state index in [0.717, 1.165) is 12.8 Å². The Hall–Kier alpha value is -0.660. The van der Waals surface area contributed by atoms with E-state index in [4.69, 9.17) is 0 Å². The van der Waals surface area contributed by atoms with Crippen molar-refractivity contribution in [3.8, 4) is 0 Å². The number of hydrogen-bond donors (Lipinski definition) is 0. The van der Waals surface area contributed by atoms with Gasteiger partial charge in [0.05, 0.1) is 0 Å². The monoisotopic (exact) mass is 152 g/mol. The second-order valence-electron chi connectivity index (χ2n) is 3.68. The molecule has 2 rings (SSSR count). The number of fused-ring (bicyclic) bond motifs is 1. The van der Waals surface area contributed by atoms with Gasteiger partial charge in [0.1, 0.15) is 11.6 Å². The first kappa shape index (κ1) is 7.01. The maximum absolute atomic E-state index is 11.2. The minimum absolute atomic E-state index is 0.116. The molecule has 0 aromatic heterocycles. The van der Waals surface area contributed by atoms with Crippen LogP contribution in [0.1, 0.15) is 26.2 Å². The van der Waals surface area contributed by atoms with Gasteiger partial charge in [0, 0.05) is 18.3 Å². The molecular formula is C9H12O2. The van der Waals surface area contributed by atoms with E-state index in [1.54, 1.807) is 6.92 Å². The highest BCUT2D eigenvalue weighted by Crippen LogP contribution is 2.53. The molecule has 0 aromatic rings. The van der Waals surface area contributed by atoms with Crippen LogP contribution in [0.4, 0.5) is 0 Å². The van der Waals surface area contributed by atoms with E-state index in [1.165, 1.54) is 0 Å². The van der Waals surface area contributed by atoms with E-state index >= 15 is 0 Å². The molecule has 0 N–H and O–H groups in total. The molecule has 2 nitrogen and oxygen atoms in total. The fraction of sp³-hybridized carbons (Fsp3) is 0.778. The summed E-state index contributed by atoms with van der Waals surface area (Å²) < 4.78 is 0. The normalized spacial score (nSPS) is 41.5. The van der Waals surface area contributed by atoms with Crippen molar-refractivity contribution in [2.45, 2.75) is 26.2 Å². The zero-order valence-electron chi connectivity index (χ0n) is 6.67. The lowest BCUT2D eigenvalue weighted by molar-refractivity contribution is -0.124. The van der Waals surface area contributed by atoms with Gasteiger partial charge in [-0.25, -0.2) is 0 Å². The Balaban J connectivity index is 2.10. The summed E-state index contributed by atoms with van der Waals surface area (Å²) in [5.41, 5.74) is 0. The van der Waals surface area contributed by atoms with Crippen molar-refractivity contribution in [1.82, 2.24) is 0 Å². The number of hydrogen-bond acceptors (Lipinski definition) is 2. The van der Waals surface area contributed by atoms with Crippen LogP contribution in [0.3, 0.4) is 0 Å². The summed E-state index contributed by atoms with van der Waals surface area (Å²) in [4.78, 5) is 22.2. The predicted molar refractivity (Wildman–Crippen MR) is 40.0 cm³/mol. The number of Topliss-reactive ketones (excluding diaryl/α,β-unsaturated/α-hetero) is 2. The first-order valence-corrected chi connectivity index (χ1v) is 4.25. The molecule has 0 heterocycles. The zero-order valence-corrected chi connectivity index (χ0v) is 6.67. The number of rotatable bonds is 1. The molecule has 2 fully saturated rings. The third-order valence-electron chi connectivity index (χ3n) is 2.97. The minimum atomic E-state index is 0.116.